The quantitative estimate of drug-likeness (QED) is 0.374. The summed E-state index contributed by atoms with van der Waals surface area (Å²) >= 11 is 0. The van der Waals surface area contributed by atoms with Crippen LogP contribution in [0.15, 0.2) is 35.3 Å². The Balaban J connectivity index is 0.00000312. The smallest absolute Gasteiger partial charge is 0.191 e. The van der Waals surface area contributed by atoms with Gasteiger partial charge in [-0.1, -0.05) is 37.3 Å². The van der Waals surface area contributed by atoms with Gasteiger partial charge in [0.15, 0.2) is 5.96 Å². The van der Waals surface area contributed by atoms with E-state index in [1.54, 1.807) is 0 Å². The van der Waals surface area contributed by atoms with Gasteiger partial charge in [-0.3, -0.25) is 9.89 Å². The fourth-order valence-corrected chi connectivity index (χ4v) is 2.98. The highest BCUT2D eigenvalue weighted by Crippen LogP contribution is 2.10. The number of halogens is 1. The third-order valence-electron chi connectivity index (χ3n) is 4.60. The fraction of sp³-hybridized carbons (Fsp3) is 0.632. The Hall–Kier alpha value is -0.860. The van der Waals surface area contributed by atoms with Gasteiger partial charge in [0.05, 0.1) is 12.6 Å². The van der Waals surface area contributed by atoms with Gasteiger partial charge in [-0.2, -0.15) is 0 Å². The molecule has 0 amide bonds. The second kappa shape index (κ2) is 12.5. The lowest BCUT2D eigenvalue weighted by Crippen LogP contribution is -2.47. The molecule has 1 aromatic carbocycles. The largest absolute Gasteiger partial charge is 0.357 e. The number of benzene rings is 1. The van der Waals surface area contributed by atoms with Gasteiger partial charge >= 0.3 is 0 Å². The van der Waals surface area contributed by atoms with E-state index in [2.05, 4.69) is 65.5 Å². The van der Waals surface area contributed by atoms with E-state index in [4.69, 9.17) is 4.99 Å². The summed E-state index contributed by atoms with van der Waals surface area (Å²) in [6.07, 6.45) is 0. The number of aliphatic imine (C=N–C) groups is 1. The molecule has 1 fully saturated rings. The van der Waals surface area contributed by atoms with Gasteiger partial charge in [-0.15, -0.1) is 24.0 Å². The van der Waals surface area contributed by atoms with Crippen molar-refractivity contribution in [1.82, 2.24) is 20.4 Å². The molecule has 1 aromatic rings. The summed E-state index contributed by atoms with van der Waals surface area (Å²) in [6.45, 7) is 15.1. The number of piperazine rings is 1. The molecular formula is C19H34IN5. The first-order valence-electron chi connectivity index (χ1n) is 9.27. The van der Waals surface area contributed by atoms with E-state index in [-0.39, 0.29) is 30.0 Å². The summed E-state index contributed by atoms with van der Waals surface area (Å²) in [7, 11) is 0. The second-order valence-electron chi connectivity index (χ2n) is 6.31. The van der Waals surface area contributed by atoms with Gasteiger partial charge in [0.1, 0.15) is 0 Å². The minimum Gasteiger partial charge on any atom is -0.357 e. The molecule has 142 valence electrons. The average molecular weight is 459 g/mol. The maximum Gasteiger partial charge on any atom is 0.191 e. The first-order chi connectivity index (χ1) is 11.7. The predicted molar refractivity (Wildman–Crippen MR) is 118 cm³/mol. The van der Waals surface area contributed by atoms with Crippen molar-refractivity contribution in [1.29, 1.82) is 0 Å². The van der Waals surface area contributed by atoms with E-state index in [9.17, 15) is 0 Å². The van der Waals surface area contributed by atoms with Crippen LogP contribution in [0.3, 0.4) is 0 Å². The van der Waals surface area contributed by atoms with E-state index in [1.165, 1.54) is 18.7 Å². The van der Waals surface area contributed by atoms with Crippen LogP contribution in [0.2, 0.25) is 0 Å². The van der Waals surface area contributed by atoms with Gasteiger partial charge in [0, 0.05) is 39.3 Å². The lowest BCUT2D eigenvalue weighted by atomic mass is 10.1. The van der Waals surface area contributed by atoms with Crippen molar-refractivity contribution in [2.75, 3.05) is 52.4 Å². The van der Waals surface area contributed by atoms with E-state index in [1.807, 2.05) is 6.07 Å². The van der Waals surface area contributed by atoms with E-state index >= 15 is 0 Å². The van der Waals surface area contributed by atoms with Crippen LogP contribution in [0.4, 0.5) is 0 Å². The van der Waals surface area contributed by atoms with Crippen molar-refractivity contribution in [3.05, 3.63) is 35.9 Å². The summed E-state index contributed by atoms with van der Waals surface area (Å²) in [5.74, 6) is 0.904. The van der Waals surface area contributed by atoms with Crippen molar-refractivity contribution < 1.29 is 0 Å². The van der Waals surface area contributed by atoms with E-state index in [0.717, 1.165) is 45.2 Å². The Bertz CT molecular complexity index is 486. The van der Waals surface area contributed by atoms with Crippen molar-refractivity contribution in [3.63, 3.8) is 0 Å². The first-order valence-corrected chi connectivity index (χ1v) is 9.27. The van der Waals surface area contributed by atoms with Gasteiger partial charge in [-0.05, 0) is 26.0 Å². The summed E-state index contributed by atoms with van der Waals surface area (Å²) in [6, 6.07) is 10.7. The number of rotatable bonds is 7. The van der Waals surface area contributed by atoms with Crippen LogP contribution in [0.25, 0.3) is 0 Å². The normalized spacial score (nSPS) is 17.6. The van der Waals surface area contributed by atoms with E-state index < -0.39 is 0 Å². The maximum absolute atomic E-state index is 4.75. The number of hydrogen-bond acceptors (Lipinski definition) is 3. The molecule has 1 saturated heterocycles. The molecule has 1 unspecified atom stereocenters. The Labute approximate surface area is 170 Å². The van der Waals surface area contributed by atoms with Gasteiger partial charge < -0.3 is 15.5 Å². The standard InChI is InChI=1S/C19H33N5.HI/c1-4-20-19(22-17(3)18-9-7-6-8-10-18)21-11-12-24-15-13-23(5-2)14-16-24;/h6-10,17H,4-5,11-16H2,1-3H3,(H2,20,21,22);1H. The first kappa shape index (κ1) is 22.2. The lowest BCUT2D eigenvalue weighted by molar-refractivity contribution is 0.140. The Morgan fingerprint density at radius 3 is 2.32 bits per heavy atom. The van der Waals surface area contributed by atoms with Crippen molar-refractivity contribution >= 4 is 29.9 Å². The number of hydrogen-bond donors (Lipinski definition) is 2. The van der Waals surface area contributed by atoms with E-state index in [0.29, 0.717) is 0 Å². The number of likely N-dealkylation sites (N-methyl/N-ethyl adjacent to an activating group) is 1. The molecule has 1 aliphatic rings. The molecule has 2 N–H and O–H groups in total. The van der Waals surface area contributed by atoms with Crippen LogP contribution < -0.4 is 10.6 Å². The Kier molecular flexibility index (Phi) is 11.1. The molecule has 0 bridgehead atoms. The summed E-state index contributed by atoms with van der Waals surface area (Å²) in [5.41, 5.74) is 1.28. The van der Waals surface area contributed by atoms with Crippen LogP contribution >= 0.6 is 24.0 Å². The highest BCUT2D eigenvalue weighted by Gasteiger charge is 2.14. The molecule has 1 heterocycles. The van der Waals surface area contributed by atoms with Crippen LogP contribution in [-0.4, -0.2) is 68.1 Å². The SMILES string of the molecule is CCNC(=NCCN1CCN(CC)CC1)NC(C)c1ccccc1.I. The lowest BCUT2D eigenvalue weighted by Gasteiger charge is -2.33. The molecule has 5 nitrogen and oxygen atoms in total. The molecule has 0 radical (unpaired) electrons. The molecule has 1 atom stereocenters. The highest BCUT2D eigenvalue weighted by atomic mass is 127. The zero-order valence-electron chi connectivity index (χ0n) is 15.9. The zero-order valence-corrected chi connectivity index (χ0v) is 18.2. The third kappa shape index (κ3) is 7.92. The van der Waals surface area contributed by atoms with Crippen LogP contribution in [-0.2, 0) is 0 Å². The predicted octanol–water partition coefficient (Wildman–Crippen LogP) is 2.56. The molecule has 6 heteroatoms. The van der Waals surface area contributed by atoms with Gasteiger partial charge in [-0.25, -0.2) is 0 Å². The minimum absolute atomic E-state index is 0. The van der Waals surface area contributed by atoms with Crippen molar-refractivity contribution in [2.24, 2.45) is 4.99 Å². The molecule has 0 spiro atoms. The second-order valence-corrected chi connectivity index (χ2v) is 6.31. The maximum atomic E-state index is 4.75. The Morgan fingerprint density at radius 2 is 1.72 bits per heavy atom. The van der Waals surface area contributed by atoms with Gasteiger partial charge in [0.2, 0.25) is 0 Å². The van der Waals surface area contributed by atoms with Crippen molar-refractivity contribution in [2.45, 2.75) is 26.8 Å². The molecule has 0 aliphatic carbocycles. The Morgan fingerprint density at radius 1 is 1.08 bits per heavy atom. The number of nitrogens with one attached hydrogen (secondary N) is 2. The average Bonchev–Trinajstić information content (AvgIpc) is 2.63. The fourth-order valence-electron chi connectivity index (χ4n) is 2.98. The van der Waals surface area contributed by atoms with Crippen LogP contribution in [0.5, 0.6) is 0 Å². The monoisotopic (exact) mass is 459 g/mol. The molecule has 25 heavy (non-hydrogen) atoms. The highest BCUT2D eigenvalue weighted by molar-refractivity contribution is 14.0. The summed E-state index contributed by atoms with van der Waals surface area (Å²) < 4.78 is 0. The minimum atomic E-state index is 0. The zero-order chi connectivity index (χ0) is 17.2. The molecule has 0 saturated carbocycles. The topological polar surface area (TPSA) is 42.9 Å². The third-order valence-corrected chi connectivity index (χ3v) is 4.60. The molecule has 0 aromatic heterocycles. The van der Waals surface area contributed by atoms with Gasteiger partial charge in [0.25, 0.3) is 0 Å². The summed E-state index contributed by atoms with van der Waals surface area (Å²) in [5, 5.41) is 6.85. The number of nitrogens with zero attached hydrogens (tertiary/aromatic N) is 3. The molecular weight excluding hydrogens is 425 g/mol. The van der Waals surface area contributed by atoms with Crippen molar-refractivity contribution in [3.8, 4) is 0 Å². The van der Waals surface area contributed by atoms with Crippen LogP contribution in [0.1, 0.15) is 32.4 Å². The van der Waals surface area contributed by atoms with Crippen LogP contribution in [0, 0.1) is 0 Å². The molecule has 1 aliphatic heterocycles. The number of guanidine groups is 1. The molecule has 2 rings (SSSR count). The summed E-state index contributed by atoms with van der Waals surface area (Å²) in [4.78, 5) is 9.77.